The standard InChI is InChI=1S/C19H23N7S/c1-15-3-4-18(16(2)13-15)26-19(27)25(21-22-26)14-23-9-11-24(12-10-23)17-5-7-20-8-6-17/h3-8,13H,9-12,14H2,1-2H3/p+2. The van der Waals surface area contributed by atoms with E-state index in [-0.39, 0.29) is 0 Å². The number of anilines is 1. The van der Waals surface area contributed by atoms with Gasteiger partial charge in [0.1, 0.15) is 0 Å². The summed E-state index contributed by atoms with van der Waals surface area (Å²) >= 11 is 5.64. The van der Waals surface area contributed by atoms with Crippen LogP contribution in [0.15, 0.2) is 42.7 Å². The molecular weight excluding hydrogens is 358 g/mol. The van der Waals surface area contributed by atoms with Gasteiger partial charge in [-0.05, 0) is 48.1 Å². The zero-order valence-electron chi connectivity index (χ0n) is 15.7. The smallest absolute Gasteiger partial charge is 0.225 e. The van der Waals surface area contributed by atoms with Gasteiger partial charge < -0.3 is 9.80 Å². The van der Waals surface area contributed by atoms with E-state index in [4.69, 9.17) is 12.2 Å². The molecular formula is C19H25N7S+2. The number of H-pyrrole nitrogens is 1. The molecule has 0 saturated carbocycles. The molecule has 3 aromatic rings. The maximum Gasteiger partial charge on any atom is 0.225 e. The number of aromatic amines is 1. The van der Waals surface area contributed by atoms with Crippen molar-refractivity contribution in [3.05, 3.63) is 58.6 Å². The lowest BCUT2D eigenvalue weighted by Crippen LogP contribution is -3.14. The quantitative estimate of drug-likeness (QED) is 0.670. The van der Waals surface area contributed by atoms with Gasteiger partial charge in [-0.2, -0.15) is 9.36 Å². The van der Waals surface area contributed by atoms with Gasteiger partial charge in [0, 0.05) is 17.8 Å². The largest absolute Gasteiger partial charge is 0.360 e. The Balaban J connectivity index is 1.44. The van der Waals surface area contributed by atoms with Crippen LogP contribution in [0.2, 0.25) is 0 Å². The van der Waals surface area contributed by atoms with E-state index in [1.165, 1.54) is 16.2 Å². The first-order valence-corrected chi connectivity index (χ1v) is 9.68. The molecule has 27 heavy (non-hydrogen) atoms. The Morgan fingerprint density at radius 2 is 1.81 bits per heavy atom. The molecule has 0 aliphatic carbocycles. The third-order valence-corrected chi connectivity index (χ3v) is 5.51. The summed E-state index contributed by atoms with van der Waals surface area (Å²) in [4.78, 5) is 6.97. The van der Waals surface area contributed by atoms with Crippen molar-refractivity contribution < 1.29 is 9.88 Å². The van der Waals surface area contributed by atoms with Crippen LogP contribution in [0.1, 0.15) is 11.1 Å². The zero-order valence-corrected chi connectivity index (χ0v) is 16.5. The molecule has 4 rings (SSSR count). The highest BCUT2D eigenvalue weighted by Gasteiger charge is 2.22. The number of nitrogens with one attached hydrogen (secondary N) is 2. The molecule has 0 radical (unpaired) electrons. The third-order valence-electron chi connectivity index (χ3n) is 5.13. The van der Waals surface area contributed by atoms with Crippen molar-refractivity contribution in [3.8, 4) is 5.69 Å². The SMILES string of the molecule is Cc1ccc(-n2nnn(C[NH+]3CCN(c4cc[nH+]cc4)CC3)c2=S)c(C)c1. The van der Waals surface area contributed by atoms with Gasteiger partial charge >= 0.3 is 0 Å². The second-order valence-electron chi connectivity index (χ2n) is 7.12. The summed E-state index contributed by atoms with van der Waals surface area (Å²) in [6, 6.07) is 10.5. The van der Waals surface area contributed by atoms with Gasteiger partial charge in [0.2, 0.25) is 4.77 Å². The minimum atomic E-state index is 0.649. The first-order chi connectivity index (χ1) is 13.1. The van der Waals surface area contributed by atoms with E-state index in [1.807, 2.05) is 17.1 Å². The van der Waals surface area contributed by atoms with Crippen molar-refractivity contribution in [3.63, 3.8) is 0 Å². The average molecular weight is 384 g/mol. The fourth-order valence-corrected chi connectivity index (χ4v) is 3.84. The van der Waals surface area contributed by atoms with Gasteiger partial charge in [0.25, 0.3) is 0 Å². The highest BCUT2D eigenvalue weighted by molar-refractivity contribution is 7.71. The minimum Gasteiger partial charge on any atom is -0.360 e. The van der Waals surface area contributed by atoms with E-state index in [0.717, 1.165) is 44.1 Å². The summed E-state index contributed by atoms with van der Waals surface area (Å²) < 4.78 is 4.26. The van der Waals surface area contributed by atoms with Crippen LogP contribution in [0.5, 0.6) is 0 Å². The Hall–Kier alpha value is -2.58. The number of pyridine rings is 1. The van der Waals surface area contributed by atoms with Crippen LogP contribution >= 0.6 is 12.2 Å². The Morgan fingerprint density at radius 1 is 1.07 bits per heavy atom. The van der Waals surface area contributed by atoms with Gasteiger partial charge in [0.15, 0.2) is 19.1 Å². The third kappa shape index (κ3) is 3.77. The van der Waals surface area contributed by atoms with Crippen LogP contribution in [0.3, 0.4) is 0 Å². The van der Waals surface area contributed by atoms with Crippen LogP contribution in [0.4, 0.5) is 5.69 Å². The normalized spacial score (nSPS) is 15.3. The van der Waals surface area contributed by atoms with Gasteiger partial charge in [-0.1, -0.05) is 17.7 Å². The number of nitrogens with zero attached hydrogens (tertiary/aromatic N) is 5. The number of quaternary nitrogens is 1. The molecule has 1 aromatic carbocycles. The second kappa shape index (κ2) is 7.58. The number of hydrogen-bond donors (Lipinski definition) is 1. The zero-order chi connectivity index (χ0) is 18.8. The second-order valence-corrected chi connectivity index (χ2v) is 7.48. The topological polar surface area (TPSA) is 57.5 Å². The molecule has 0 amide bonds. The fourth-order valence-electron chi connectivity index (χ4n) is 3.61. The molecule has 1 saturated heterocycles. The number of rotatable bonds is 4. The molecule has 0 atom stereocenters. The van der Waals surface area contributed by atoms with Crippen molar-refractivity contribution in [2.45, 2.75) is 20.5 Å². The van der Waals surface area contributed by atoms with Crippen LogP contribution in [-0.4, -0.2) is 46.0 Å². The summed E-state index contributed by atoms with van der Waals surface area (Å²) in [6.45, 7) is 9.07. The first-order valence-electron chi connectivity index (χ1n) is 9.27. The Bertz CT molecular complexity index is 971. The minimum absolute atomic E-state index is 0.649. The van der Waals surface area contributed by atoms with Crippen LogP contribution in [0, 0.1) is 18.6 Å². The van der Waals surface area contributed by atoms with Crippen molar-refractivity contribution in [2.24, 2.45) is 0 Å². The van der Waals surface area contributed by atoms with Crippen LogP contribution < -0.4 is 14.8 Å². The van der Waals surface area contributed by atoms with Gasteiger partial charge in [0.05, 0.1) is 31.9 Å². The van der Waals surface area contributed by atoms with E-state index >= 15 is 0 Å². The number of aryl methyl sites for hydroxylation is 2. The molecule has 7 nitrogen and oxygen atoms in total. The summed E-state index contributed by atoms with van der Waals surface area (Å²) in [5.41, 5.74) is 4.65. The molecule has 8 heteroatoms. The predicted octanol–water partition coefficient (Wildman–Crippen LogP) is 0.592. The molecule has 0 spiro atoms. The lowest BCUT2D eigenvalue weighted by Gasteiger charge is -2.32. The fraction of sp³-hybridized carbons (Fsp3) is 0.368. The molecule has 0 unspecified atom stereocenters. The summed E-state index contributed by atoms with van der Waals surface area (Å²) in [5.74, 6) is 0. The van der Waals surface area contributed by atoms with Crippen LogP contribution in [-0.2, 0) is 6.67 Å². The molecule has 2 aromatic heterocycles. The lowest BCUT2D eigenvalue weighted by molar-refractivity contribution is -0.924. The van der Waals surface area contributed by atoms with E-state index in [2.05, 4.69) is 64.5 Å². The lowest BCUT2D eigenvalue weighted by atomic mass is 10.1. The van der Waals surface area contributed by atoms with Gasteiger partial charge in [-0.25, -0.2) is 4.98 Å². The van der Waals surface area contributed by atoms with Crippen molar-refractivity contribution >= 4 is 17.9 Å². The number of hydrogen-bond acceptors (Lipinski definition) is 4. The van der Waals surface area contributed by atoms with Gasteiger partial charge in [-0.3, -0.25) is 0 Å². The number of aromatic nitrogens is 5. The number of tetrazole rings is 1. The van der Waals surface area contributed by atoms with E-state index in [9.17, 15) is 0 Å². The average Bonchev–Trinajstić information content (AvgIpc) is 3.03. The highest BCUT2D eigenvalue weighted by Crippen LogP contribution is 2.15. The van der Waals surface area contributed by atoms with Crippen molar-refractivity contribution in [1.29, 1.82) is 0 Å². The molecule has 3 heterocycles. The van der Waals surface area contributed by atoms with Crippen molar-refractivity contribution in [1.82, 2.24) is 19.8 Å². The molecule has 1 fully saturated rings. The molecule has 1 aliphatic heterocycles. The maximum absolute atomic E-state index is 5.64. The highest BCUT2D eigenvalue weighted by atomic mass is 32.1. The van der Waals surface area contributed by atoms with E-state index < -0.39 is 0 Å². The summed E-state index contributed by atoms with van der Waals surface area (Å²) in [5, 5.41) is 8.62. The molecule has 0 bridgehead atoms. The Morgan fingerprint density at radius 3 is 2.52 bits per heavy atom. The molecule has 140 valence electrons. The Kier molecular flexibility index (Phi) is 5.00. The van der Waals surface area contributed by atoms with E-state index in [0.29, 0.717) is 4.77 Å². The first kappa shape index (κ1) is 17.8. The number of piperazine rings is 1. The number of benzene rings is 1. The Labute approximate surface area is 163 Å². The summed E-state index contributed by atoms with van der Waals surface area (Å²) in [6.07, 6.45) is 3.94. The monoisotopic (exact) mass is 383 g/mol. The van der Waals surface area contributed by atoms with E-state index in [1.54, 1.807) is 4.68 Å². The van der Waals surface area contributed by atoms with Crippen LogP contribution in [0.25, 0.3) is 5.69 Å². The molecule has 2 N–H and O–H groups in total. The van der Waals surface area contributed by atoms with Gasteiger partial charge in [-0.15, -0.1) is 0 Å². The van der Waals surface area contributed by atoms with Crippen molar-refractivity contribution in [2.75, 3.05) is 31.1 Å². The maximum atomic E-state index is 5.64. The molecule has 1 aliphatic rings. The predicted molar refractivity (Wildman–Crippen MR) is 106 cm³/mol. The summed E-state index contributed by atoms with van der Waals surface area (Å²) in [7, 11) is 0.